The fourth-order valence-electron chi connectivity index (χ4n) is 1.45. The largest absolute Gasteiger partial charge is 0.296 e. The van der Waals surface area contributed by atoms with E-state index in [9.17, 15) is 9.59 Å². The highest BCUT2D eigenvalue weighted by Crippen LogP contribution is 2.10. The summed E-state index contributed by atoms with van der Waals surface area (Å²) < 4.78 is 0. The molecule has 17 heavy (non-hydrogen) atoms. The smallest absolute Gasteiger partial charge is 0.226 e. The second-order valence-corrected chi connectivity index (χ2v) is 4.24. The molecule has 3 nitrogen and oxygen atoms in total. The van der Waals surface area contributed by atoms with Gasteiger partial charge in [0.2, 0.25) is 11.8 Å². The van der Waals surface area contributed by atoms with Crippen LogP contribution in [0.25, 0.3) is 0 Å². The maximum atomic E-state index is 10.3. The molecule has 1 aliphatic heterocycles. The van der Waals surface area contributed by atoms with Crippen LogP contribution >= 0.6 is 11.6 Å². The molecule has 1 saturated heterocycles. The first-order chi connectivity index (χ1) is 8.11. The number of halogens is 1. The van der Waals surface area contributed by atoms with Gasteiger partial charge < -0.3 is 0 Å². The number of amides is 2. The quantitative estimate of drug-likeness (QED) is 0.783. The van der Waals surface area contributed by atoms with Crippen molar-refractivity contribution in [2.75, 3.05) is 0 Å². The molecule has 1 aromatic carbocycles. The predicted octanol–water partition coefficient (Wildman–Crippen LogP) is 2.72. The number of hydrogen-bond acceptors (Lipinski definition) is 2. The zero-order valence-corrected chi connectivity index (χ0v) is 10.6. The summed E-state index contributed by atoms with van der Waals surface area (Å²) in [7, 11) is 0. The van der Waals surface area contributed by atoms with E-state index in [1.54, 1.807) is 0 Å². The Morgan fingerprint density at radius 3 is 2.24 bits per heavy atom. The van der Waals surface area contributed by atoms with Crippen molar-refractivity contribution in [2.24, 2.45) is 0 Å². The third-order valence-corrected chi connectivity index (χ3v) is 2.62. The molecule has 0 unspecified atom stereocenters. The van der Waals surface area contributed by atoms with Gasteiger partial charge in [0.05, 0.1) is 0 Å². The van der Waals surface area contributed by atoms with E-state index in [4.69, 9.17) is 11.6 Å². The van der Waals surface area contributed by atoms with E-state index < -0.39 is 0 Å². The van der Waals surface area contributed by atoms with E-state index in [2.05, 4.69) is 18.3 Å². The van der Waals surface area contributed by atoms with Gasteiger partial charge in [-0.3, -0.25) is 14.9 Å². The van der Waals surface area contributed by atoms with E-state index in [-0.39, 0.29) is 11.8 Å². The Morgan fingerprint density at radius 1 is 1.24 bits per heavy atom. The van der Waals surface area contributed by atoms with Crippen LogP contribution in [0, 0.1) is 0 Å². The summed E-state index contributed by atoms with van der Waals surface area (Å²) in [5, 5.41) is 3.03. The highest BCUT2D eigenvalue weighted by molar-refractivity contribution is 6.30. The van der Waals surface area contributed by atoms with Gasteiger partial charge in [0.15, 0.2) is 0 Å². The normalized spacial score (nSPS) is 14.7. The molecule has 1 heterocycles. The number of imide groups is 1. The van der Waals surface area contributed by atoms with Crippen LogP contribution in [-0.4, -0.2) is 11.8 Å². The summed E-state index contributed by atoms with van der Waals surface area (Å²) in [5.41, 5.74) is 1.29. The van der Waals surface area contributed by atoms with Gasteiger partial charge in [-0.15, -0.1) is 0 Å². The van der Waals surface area contributed by atoms with Gasteiger partial charge in [-0.1, -0.05) is 30.7 Å². The van der Waals surface area contributed by atoms with Crippen molar-refractivity contribution in [2.45, 2.75) is 32.6 Å². The van der Waals surface area contributed by atoms with Crippen LogP contribution in [0.15, 0.2) is 24.3 Å². The van der Waals surface area contributed by atoms with Crippen LogP contribution < -0.4 is 5.32 Å². The minimum atomic E-state index is -0.138. The van der Waals surface area contributed by atoms with Crippen molar-refractivity contribution < 1.29 is 9.59 Å². The number of rotatable bonds is 1. The van der Waals surface area contributed by atoms with Crippen molar-refractivity contribution in [1.29, 1.82) is 0 Å². The molecule has 0 saturated carbocycles. The highest BCUT2D eigenvalue weighted by atomic mass is 35.5. The van der Waals surface area contributed by atoms with Gasteiger partial charge in [0.25, 0.3) is 0 Å². The molecule has 0 atom stereocenters. The molecule has 1 N–H and O–H groups in total. The zero-order valence-electron chi connectivity index (χ0n) is 9.83. The first kappa shape index (κ1) is 13.7. The zero-order chi connectivity index (χ0) is 12.7. The standard InChI is InChI=1S/C8H9Cl.C5H7NO2/c1-2-7-4-3-5-8(9)6-7;7-4-2-1-3-5(8)6-4/h3-6H,2H2,1H3;1-3H2,(H,6,7,8). The summed E-state index contributed by atoms with van der Waals surface area (Å²) in [6, 6.07) is 7.93. The van der Waals surface area contributed by atoms with Crippen LogP contribution in [0.2, 0.25) is 5.02 Å². The number of benzene rings is 1. The maximum absolute atomic E-state index is 10.3. The van der Waals surface area contributed by atoms with Crippen molar-refractivity contribution in [3.8, 4) is 0 Å². The number of carbonyl (C=O) groups excluding carboxylic acids is 2. The molecule has 0 radical (unpaired) electrons. The minimum absolute atomic E-state index is 0.138. The van der Waals surface area contributed by atoms with Crippen molar-refractivity contribution in [3.05, 3.63) is 34.9 Å². The van der Waals surface area contributed by atoms with Crippen molar-refractivity contribution in [1.82, 2.24) is 5.32 Å². The van der Waals surface area contributed by atoms with E-state index in [0.29, 0.717) is 19.3 Å². The molecule has 2 amide bonds. The number of hydrogen-bond donors (Lipinski definition) is 1. The molecule has 1 aromatic rings. The number of nitrogens with one attached hydrogen (secondary N) is 1. The Morgan fingerprint density at radius 2 is 1.88 bits per heavy atom. The van der Waals surface area contributed by atoms with E-state index in [1.807, 2.05) is 18.2 Å². The van der Waals surface area contributed by atoms with E-state index in [0.717, 1.165) is 11.4 Å². The molecule has 0 spiro atoms. The predicted molar refractivity (Wildman–Crippen MR) is 67.8 cm³/mol. The minimum Gasteiger partial charge on any atom is -0.296 e. The third-order valence-electron chi connectivity index (χ3n) is 2.38. The second-order valence-electron chi connectivity index (χ2n) is 3.81. The van der Waals surface area contributed by atoms with Gasteiger partial charge in [0.1, 0.15) is 0 Å². The number of aryl methyl sites for hydroxylation is 1. The Hall–Kier alpha value is -1.35. The lowest BCUT2D eigenvalue weighted by Gasteiger charge is -2.07. The number of carbonyl (C=O) groups is 2. The summed E-state index contributed by atoms with van der Waals surface area (Å²) in [6.07, 6.45) is 2.78. The molecule has 0 aliphatic carbocycles. The van der Waals surface area contributed by atoms with Gasteiger partial charge >= 0.3 is 0 Å². The summed E-state index contributed by atoms with van der Waals surface area (Å²) in [5.74, 6) is -0.275. The van der Waals surface area contributed by atoms with E-state index >= 15 is 0 Å². The number of piperidine rings is 1. The lowest BCUT2D eigenvalue weighted by atomic mass is 10.1. The molecule has 1 fully saturated rings. The molecule has 0 bridgehead atoms. The van der Waals surface area contributed by atoms with Gasteiger partial charge in [0, 0.05) is 17.9 Å². The molecular weight excluding hydrogens is 238 g/mol. The lowest BCUT2D eigenvalue weighted by molar-refractivity contribution is -0.132. The summed E-state index contributed by atoms with van der Waals surface area (Å²) in [6.45, 7) is 2.12. The fraction of sp³-hybridized carbons (Fsp3) is 0.385. The Balaban J connectivity index is 0.000000171. The van der Waals surface area contributed by atoms with Crippen LogP contribution in [0.1, 0.15) is 31.7 Å². The van der Waals surface area contributed by atoms with Gasteiger partial charge in [-0.25, -0.2) is 0 Å². The average Bonchev–Trinajstić information content (AvgIpc) is 2.29. The molecule has 92 valence electrons. The highest BCUT2D eigenvalue weighted by Gasteiger charge is 2.12. The Bertz CT molecular complexity index is 390. The Labute approximate surface area is 106 Å². The lowest BCUT2D eigenvalue weighted by Crippen LogP contribution is -2.33. The van der Waals surface area contributed by atoms with Crippen LogP contribution in [0.3, 0.4) is 0 Å². The molecule has 1 aliphatic rings. The first-order valence-electron chi connectivity index (χ1n) is 5.69. The molecular formula is C13H16ClNO2. The van der Waals surface area contributed by atoms with Crippen molar-refractivity contribution in [3.63, 3.8) is 0 Å². The van der Waals surface area contributed by atoms with Crippen LogP contribution in [0.4, 0.5) is 0 Å². The van der Waals surface area contributed by atoms with Crippen molar-refractivity contribution >= 4 is 23.4 Å². The average molecular weight is 254 g/mol. The summed E-state index contributed by atoms with van der Waals surface area (Å²) in [4.78, 5) is 20.7. The van der Waals surface area contributed by atoms with Gasteiger partial charge in [-0.05, 0) is 30.5 Å². The molecule has 4 heteroatoms. The van der Waals surface area contributed by atoms with Crippen LogP contribution in [0.5, 0.6) is 0 Å². The first-order valence-corrected chi connectivity index (χ1v) is 6.06. The second kappa shape index (κ2) is 7.07. The topological polar surface area (TPSA) is 46.2 Å². The molecule has 0 aromatic heterocycles. The van der Waals surface area contributed by atoms with Crippen LogP contribution in [-0.2, 0) is 16.0 Å². The molecule has 2 rings (SSSR count). The summed E-state index contributed by atoms with van der Waals surface area (Å²) >= 11 is 5.72. The fourth-order valence-corrected chi connectivity index (χ4v) is 1.66. The van der Waals surface area contributed by atoms with E-state index in [1.165, 1.54) is 5.56 Å². The maximum Gasteiger partial charge on any atom is 0.226 e. The van der Waals surface area contributed by atoms with Gasteiger partial charge in [-0.2, -0.15) is 0 Å². The third kappa shape index (κ3) is 5.50. The Kier molecular flexibility index (Phi) is 5.70. The SMILES string of the molecule is CCc1cccc(Cl)c1.O=C1CCCC(=O)N1. The monoisotopic (exact) mass is 253 g/mol.